The van der Waals surface area contributed by atoms with Crippen LogP contribution >= 0.6 is 11.8 Å². The van der Waals surface area contributed by atoms with Crippen molar-refractivity contribution in [3.05, 3.63) is 23.3 Å². The molecule has 0 spiro atoms. The summed E-state index contributed by atoms with van der Waals surface area (Å²) in [6, 6.07) is 0.621. The normalized spacial score (nSPS) is 21.5. The zero-order chi connectivity index (χ0) is 11.3. The van der Waals surface area contributed by atoms with Crippen LogP contribution in [0.5, 0.6) is 0 Å². The Kier molecular flexibility index (Phi) is 5.26. The molecule has 1 aliphatic heterocycles. The Labute approximate surface area is 97.8 Å². The Balaban J connectivity index is 2.64. The fourth-order valence-corrected chi connectivity index (χ4v) is 1.94. The minimum absolute atomic E-state index is 0.621. The fourth-order valence-electron chi connectivity index (χ4n) is 1.68. The second-order valence-corrected chi connectivity index (χ2v) is 5.12. The first-order valence-electron chi connectivity index (χ1n) is 5.55. The van der Waals surface area contributed by atoms with E-state index in [-0.39, 0.29) is 0 Å². The van der Waals surface area contributed by atoms with Crippen LogP contribution in [0, 0.1) is 0 Å². The van der Waals surface area contributed by atoms with Gasteiger partial charge < -0.3 is 5.32 Å². The quantitative estimate of drug-likeness (QED) is 0.796. The van der Waals surface area contributed by atoms with E-state index in [2.05, 4.69) is 43.0 Å². The third-order valence-electron chi connectivity index (χ3n) is 2.68. The van der Waals surface area contributed by atoms with E-state index in [1.807, 2.05) is 0 Å². The smallest absolute Gasteiger partial charge is 0.0384 e. The topological polar surface area (TPSA) is 15.3 Å². The lowest BCUT2D eigenvalue weighted by atomic mass is 10.3. The Morgan fingerprint density at radius 2 is 2.33 bits per heavy atom. The molecule has 0 atom stereocenters. The third kappa shape index (κ3) is 4.31. The number of hydrogen-bond donors (Lipinski definition) is 1. The number of hydrogen-bond acceptors (Lipinski definition) is 3. The van der Waals surface area contributed by atoms with Gasteiger partial charge in [0.15, 0.2) is 0 Å². The molecule has 0 amide bonds. The SMILES string of the molecule is C=C(/C=C1/CN(C(C)C)CCCN1)SC. The number of nitrogens with one attached hydrogen (secondary N) is 1. The van der Waals surface area contributed by atoms with Crippen LogP contribution in [0.4, 0.5) is 0 Å². The molecule has 1 saturated heterocycles. The molecule has 0 bridgehead atoms. The summed E-state index contributed by atoms with van der Waals surface area (Å²) in [5.74, 6) is 0. The minimum Gasteiger partial charge on any atom is -0.387 e. The zero-order valence-corrected chi connectivity index (χ0v) is 10.9. The van der Waals surface area contributed by atoms with E-state index >= 15 is 0 Å². The first kappa shape index (κ1) is 12.7. The van der Waals surface area contributed by atoms with Gasteiger partial charge in [0, 0.05) is 36.3 Å². The summed E-state index contributed by atoms with van der Waals surface area (Å²) in [7, 11) is 0. The fraction of sp³-hybridized carbons (Fsp3) is 0.667. The lowest BCUT2D eigenvalue weighted by Gasteiger charge is -2.24. The predicted octanol–water partition coefficient (Wildman–Crippen LogP) is 2.45. The molecule has 86 valence electrons. The summed E-state index contributed by atoms with van der Waals surface area (Å²) in [6.45, 7) is 11.8. The highest BCUT2D eigenvalue weighted by atomic mass is 32.2. The summed E-state index contributed by atoms with van der Waals surface area (Å²) < 4.78 is 0. The van der Waals surface area contributed by atoms with E-state index in [1.165, 1.54) is 18.7 Å². The van der Waals surface area contributed by atoms with Gasteiger partial charge in [0.1, 0.15) is 0 Å². The molecule has 15 heavy (non-hydrogen) atoms. The van der Waals surface area contributed by atoms with Crippen LogP contribution in [-0.4, -0.2) is 36.8 Å². The van der Waals surface area contributed by atoms with Gasteiger partial charge >= 0.3 is 0 Å². The molecule has 2 nitrogen and oxygen atoms in total. The molecule has 1 heterocycles. The van der Waals surface area contributed by atoms with Crippen LogP contribution in [0.1, 0.15) is 20.3 Å². The molecule has 1 N–H and O–H groups in total. The summed E-state index contributed by atoms with van der Waals surface area (Å²) >= 11 is 1.71. The number of rotatable bonds is 3. The Morgan fingerprint density at radius 1 is 1.60 bits per heavy atom. The van der Waals surface area contributed by atoms with Gasteiger partial charge in [-0.15, -0.1) is 11.8 Å². The largest absolute Gasteiger partial charge is 0.387 e. The molecule has 0 aliphatic carbocycles. The molecule has 1 fully saturated rings. The standard InChI is InChI=1S/C12H22N2S/c1-10(2)14-7-5-6-13-12(9-14)8-11(3)15-4/h8,10,13H,3,5-7,9H2,1-2,4H3/b12-8-. The lowest BCUT2D eigenvalue weighted by molar-refractivity contribution is 0.247. The average molecular weight is 226 g/mol. The van der Waals surface area contributed by atoms with Crippen molar-refractivity contribution in [1.29, 1.82) is 0 Å². The third-order valence-corrected chi connectivity index (χ3v) is 3.32. The van der Waals surface area contributed by atoms with Gasteiger partial charge in [0.25, 0.3) is 0 Å². The molecule has 0 saturated carbocycles. The van der Waals surface area contributed by atoms with Gasteiger partial charge in [-0.05, 0) is 32.6 Å². The van der Waals surface area contributed by atoms with Gasteiger partial charge in [0.05, 0.1) is 0 Å². The van der Waals surface area contributed by atoms with Crippen LogP contribution in [-0.2, 0) is 0 Å². The van der Waals surface area contributed by atoms with Gasteiger partial charge in [-0.3, -0.25) is 4.90 Å². The second-order valence-electron chi connectivity index (χ2n) is 4.18. The molecule has 0 radical (unpaired) electrons. The van der Waals surface area contributed by atoms with Crippen LogP contribution in [0.3, 0.4) is 0 Å². The van der Waals surface area contributed by atoms with Crippen molar-refractivity contribution in [3.8, 4) is 0 Å². The minimum atomic E-state index is 0.621. The zero-order valence-electron chi connectivity index (χ0n) is 10.0. The van der Waals surface area contributed by atoms with E-state index in [9.17, 15) is 0 Å². The van der Waals surface area contributed by atoms with E-state index in [4.69, 9.17) is 0 Å². The number of thioether (sulfide) groups is 1. The van der Waals surface area contributed by atoms with Crippen molar-refractivity contribution < 1.29 is 0 Å². The Bertz CT molecular complexity index is 246. The van der Waals surface area contributed by atoms with Crippen molar-refractivity contribution in [2.75, 3.05) is 25.9 Å². The average Bonchev–Trinajstić information content (AvgIpc) is 2.43. The van der Waals surface area contributed by atoms with E-state index in [1.54, 1.807) is 11.8 Å². The van der Waals surface area contributed by atoms with Gasteiger partial charge in [0.2, 0.25) is 0 Å². The molecule has 0 aromatic heterocycles. The van der Waals surface area contributed by atoms with Crippen LogP contribution in [0.15, 0.2) is 23.3 Å². The Hall–Kier alpha value is -0.410. The van der Waals surface area contributed by atoms with Crippen molar-refractivity contribution in [2.24, 2.45) is 0 Å². The molecular weight excluding hydrogens is 204 g/mol. The van der Waals surface area contributed by atoms with Crippen LogP contribution in [0.2, 0.25) is 0 Å². The van der Waals surface area contributed by atoms with E-state index < -0.39 is 0 Å². The molecule has 0 unspecified atom stereocenters. The molecule has 0 aromatic rings. The highest BCUT2D eigenvalue weighted by molar-refractivity contribution is 8.02. The van der Waals surface area contributed by atoms with Crippen molar-refractivity contribution in [3.63, 3.8) is 0 Å². The number of nitrogens with zero attached hydrogens (tertiary/aromatic N) is 1. The van der Waals surface area contributed by atoms with Crippen LogP contribution in [0.25, 0.3) is 0 Å². The summed E-state index contributed by atoms with van der Waals surface area (Å²) in [6.07, 6.45) is 5.46. The molecule has 3 heteroatoms. The highest BCUT2D eigenvalue weighted by Gasteiger charge is 2.14. The van der Waals surface area contributed by atoms with Crippen molar-refractivity contribution in [2.45, 2.75) is 26.3 Å². The first-order chi connectivity index (χ1) is 7.13. The second kappa shape index (κ2) is 6.23. The molecular formula is C12H22N2S. The van der Waals surface area contributed by atoms with Crippen molar-refractivity contribution in [1.82, 2.24) is 10.2 Å². The van der Waals surface area contributed by atoms with E-state index in [0.717, 1.165) is 18.0 Å². The van der Waals surface area contributed by atoms with E-state index in [0.29, 0.717) is 6.04 Å². The lowest BCUT2D eigenvalue weighted by Crippen LogP contribution is -2.33. The maximum Gasteiger partial charge on any atom is 0.0384 e. The van der Waals surface area contributed by atoms with Gasteiger partial charge in [-0.1, -0.05) is 6.58 Å². The molecule has 1 rings (SSSR count). The van der Waals surface area contributed by atoms with Gasteiger partial charge in [-0.25, -0.2) is 0 Å². The summed E-state index contributed by atoms with van der Waals surface area (Å²) in [4.78, 5) is 3.63. The summed E-state index contributed by atoms with van der Waals surface area (Å²) in [5, 5.41) is 3.48. The Morgan fingerprint density at radius 3 is 2.93 bits per heavy atom. The maximum atomic E-state index is 4.00. The van der Waals surface area contributed by atoms with Crippen molar-refractivity contribution >= 4 is 11.8 Å². The monoisotopic (exact) mass is 226 g/mol. The molecule has 1 aliphatic rings. The summed E-state index contributed by atoms with van der Waals surface area (Å²) in [5.41, 5.74) is 1.31. The maximum absolute atomic E-state index is 4.00. The van der Waals surface area contributed by atoms with Crippen LogP contribution < -0.4 is 5.32 Å². The predicted molar refractivity (Wildman–Crippen MR) is 70.1 cm³/mol. The highest BCUT2D eigenvalue weighted by Crippen LogP contribution is 2.14. The first-order valence-corrected chi connectivity index (χ1v) is 6.77. The van der Waals surface area contributed by atoms with Gasteiger partial charge in [-0.2, -0.15) is 0 Å². The number of allylic oxidation sites excluding steroid dienone is 1. The molecule has 0 aromatic carbocycles.